The van der Waals surface area contributed by atoms with Crippen molar-refractivity contribution in [1.82, 2.24) is 20.1 Å². The Kier molecular flexibility index (Phi) is 6.57. The van der Waals surface area contributed by atoms with Gasteiger partial charge in [-0.25, -0.2) is 4.68 Å². The van der Waals surface area contributed by atoms with Crippen molar-refractivity contribution in [2.75, 3.05) is 24.5 Å². The third-order valence-corrected chi connectivity index (χ3v) is 4.98. The molecule has 0 aliphatic carbocycles. The maximum atomic E-state index is 12.4. The second kappa shape index (κ2) is 9.30. The molecule has 1 saturated heterocycles. The molecule has 2 aromatic heterocycles. The maximum Gasteiger partial charge on any atom is 0.268 e. The summed E-state index contributed by atoms with van der Waals surface area (Å²) in [6, 6.07) is 5.58. The highest BCUT2D eigenvalue weighted by Crippen LogP contribution is 2.22. The Morgan fingerprint density at radius 1 is 1.26 bits per heavy atom. The fourth-order valence-electron chi connectivity index (χ4n) is 3.40. The number of aryl methyl sites for hydroxylation is 1. The summed E-state index contributed by atoms with van der Waals surface area (Å²) in [4.78, 5) is 30.6. The molecule has 7 heteroatoms. The molecule has 27 heavy (non-hydrogen) atoms. The number of amides is 1. The van der Waals surface area contributed by atoms with Gasteiger partial charge in [0.2, 0.25) is 5.91 Å². The molecule has 1 aliphatic rings. The fraction of sp³-hybridized carbons (Fsp3) is 0.500. The Bertz CT molecular complexity index is 798. The summed E-state index contributed by atoms with van der Waals surface area (Å²) < 4.78 is 1.49. The Labute approximate surface area is 159 Å². The fourth-order valence-corrected chi connectivity index (χ4v) is 3.40. The van der Waals surface area contributed by atoms with Crippen LogP contribution in [0.5, 0.6) is 0 Å². The Hall–Kier alpha value is -2.70. The van der Waals surface area contributed by atoms with Crippen molar-refractivity contribution < 1.29 is 4.79 Å². The normalized spacial score (nSPS) is 14.9. The van der Waals surface area contributed by atoms with Crippen LogP contribution in [0.3, 0.4) is 0 Å². The van der Waals surface area contributed by atoms with E-state index in [1.54, 1.807) is 24.7 Å². The second-order valence-corrected chi connectivity index (χ2v) is 6.93. The topological polar surface area (TPSA) is 80.1 Å². The molecule has 1 fully saturated rings. The van der Waals surface area contributed by atoms with Crippen molar-refractivity contribution in [2.45, 2.75) is 39.2 Å². The van der Waals surface area contributed by atoms with Gasteiger partial charge in [0.15, 0.2) is 0 Å². The van der Waals surface area contributed by atoms with Crippen LogP contribution >= 0.6 is 0 Å². The van der Waals surface area contributed by atoms with E-state index in [4.69, 9.17) is 0 Å². The molecular formula is C20H27N5O2. The number of rotatable bonds is 7. The van der Waals surface area contributed by atoms with Gasteiger partial charge in [-0.15, -0.1) is 0 Å². The van der Waals surface area contributed by atoms with Crippen LogP contribution in [0.4, 0.5) is 5.69 Å². The molecule has 0 spiro atoms. The van der Waals surface area contributed by atoms with Gasteiger partial charge in [-0.05, 0) is 43.4 Å². The first-order chi connectivity index (χ1) is 13.2. The van der Waals surface area contributed by atoms with Crippen LogP contribution in [0.1, 0.15) is 31.7 Å². The van der Waals surface area contributed by atoms with Gasteiger partial charge in [0.05, 0.1) is 11.9 Å². The lowest BCUT2D eigenvalue weighted by atomic mass is 9.95. The van der Waals surface area contributed by atoms with E-state index < -0.39 is 0 Å². The highest BCUT2D eigenvalue weighted by Gasteiger charge is 2.25. The number of hydrogen-bond donors (Lipinski definition) is 1. The number of anilines is 1. The lowest BCUT2D eigenvalue weighted by Gasteiger charge is -2.32. The summed E-state index contributed by atoms with van der Waals surface area (Å²) >= 11 is 0. The Morgan fingerprint density at radius 2 is 2.00 bits per heavy atom. The Balaban J connectivity index is 1.46. The SMILES string of the molecule is CCCn1ncc(N2CCC(C(=O)NCCc3ccncc3)CC2)cc1=O. The van der Waals surface area contributed by atoms with Crippen molar-refractivity contribution in [2.24, 2.45) is 5.92 Å². The summed E-state index contributed by atoms with van der Waals surface area (Å²) in [7, 11) is 0. The molecule has 0 bridgehead atoms. The van der Waals surface area contributed by atoms with Gasteiger partial charge in [-0.1, -0.05) is 6.92 Å². The van der Waals surface area contributed by atoms with Gasteiger partial charge < -0.3 is 10.2 Å². The highest BCUT2D eigenvalue weighted by atomic mass is 16.2. The van der Waals surface area contributed by atoms with Crippen LogP contribution < -0.4 is 15.8 Å². The van der Waals surface area contributed by atoms with Gasteiger partial charge in [0, 0.05) is 50.6 Å². The Morgan fingerprint density at radius 3 is 2.67 bits per heavy atom. The molecule has 2 aromatic rings. The van der Waals surface area contributed by atoms with Gasteiger partial charge >= 0.3 is 0 Å². The maximum absolute atomic E-state index is 12.4. The van der Waals surface area contributed by atoms with E-state index in [2.05, 4.69) is 20.3 Å². The quantitative estimate of drug-likeness (QED) is 0.802. The lowest BCUT2D eigenvalue weighted by molar-refractivity contribution is -0.125. The molecule has 0 radical (unpaired) electrons. The summed E-state index contributed by atoms with van der Waals surface area (Å²) in [6.07, 6.45) is 8.57. The smallest absolute Gasteiger partial charge is 0.268 e. The second-order valence-electron chi connectivity index (χ2n) is 6.93. The number of nitrogens with zero attached hydrogens (tertiary/aromatic N) is 4. The van der Waals surface area contributed by atoms with E-state index in [-0.39, 0.29) is 17.4 Å². The van der Waals surface area contributed by atoms with Gasteiger partial charge in [0.1, 0.15) is 0 Å². The van der Waals surface area contributed by atoms with E-state index in [1.165, 1.54) is 10.2 Å². The van der Waals surface area contributed by atoms with Crippen LogP contribution in [0.2, 0.25) is 0 Å². The molecule has 0 aromatic carbocycles. The third-order valence-electron chi connectivity index (χ3n) is 4.98. The number of pyridine rings is 1. The zero-order valence-corrected chi connectivity index (χ0v) is 15.8. The van der Waals surface area contributed by atoms with Crippen LogP contribution in [-0.2, 0) is 17.8 Å². The predicted molar refractivity (Wildman–Crippen MR) is 105 cm³/mol. The molecule has 144 valence electrons. The molecule has 1 N–H and O–H groups in total. The molecule has 1 amide bonds. The minimum absolute atomic E-state index is 0.0344. The molecular weight excluding hydrogens is 342 g/mol. The number of carbonyl (C=O) groups excluding carboxylic acids is 1. The molecule has 0 unspecified atom stereocenters. The molecule has 3 rings (SSSR count). The molecule has 3 heterocycles. The molecule has 0 saturated carbocycles. The van der Waals surface area contributed by atoms with Crippen molar-refractivity contribution in [1.29, 1.82) is 0 Å². The van der Waals surface area contributed by atoms with Crippen LogP contribution in [0.25, 0.3) is 0 Å². The highest BCUT2D eigenvalue weighted by molar-refractivity contribution is 5.79. The van der Waals surface area contributed by atoms with Crippen molar-refractivity contribution in [3.05, 3.63) is 52.7 Å². The average Bonchev–Trinajstić information content (AvgIpc) is 2.70. The van der Waals surface area contributed by atoms with E-state index in [0.29, 0.717) is 13.1 Å². The van der Waals surface area contributed by atoms with E-state index in [0.717, 1.165) is 44.5 Å². The number of carbonyl (C=O) groups is 1. The van der Waals surface area contributed by atoms with Gasteiger partial charge in [-0.2, -0.15) is 5.10 Å². The first kappa shape index (κ1) is 19.1. The van der Waals surface area contributed by atoms with Gasteiger partial charge in [-0.3, -0.25) is 14.6 Å². The number of hydrogen-bond acceptors (Lipinski definition) is 5. The predicted octanol–water partition coefficient (Wildman–Crippen LogP) is 1.62. The number of nitrogens with one attached hydrogen (secondary N) is 1. The zero-order chi connectivity index (χ0) is 19.1. The first-order valence-corrected chi connectivity index (χ1v) is 9.66. The lowest BCUT2D eigenvalue weighted by Crippen LogP contribution is -2.41. The standard InChI is InChI=1S/C20H27N5O2/c1-2-11-25-19(26)14-18(15-23-25)24-12-6-17(7-13-24)20(27)22-10-5-16-3-8-21-9-4-16/h3-4,8-9,14-15,17H,2,5-7,10-13H2,1H3,(H,22,27). The van der Waals surface area contributed by atoms with E-state index in [1.807, 2.05) is 19.1 Å². The van der Waals surface area contributed by atoms with Crippen LogP contribution in [0, 0.1) is 5.92 Å². The van der Waals surface area contributed by atoms with Gasteiger partial charge in [0.25, 0.3) is 5.56 Å². The molecule has 7 nitrogen and oxygen atoms in total. The van der Waals surface area contributed by atoms with Crippen molar-refractivity contribution in [3.63, 3.8) is 0 Å². The minimum atomic E-state index is -0.0645. The van der Waals surface area contributed by atoms with E-state index in [9.17, 15) is 9.59 Å². The first-order valence-electron chi connectivity index (χ1n) is 9.66. The van der Waals surface area contributed by atoms with Crippen molar-refractivity contribution >= 4 is 11.6 Å². The largest absolute Gasteiger partial charge is 0.370 e. The molecule has 0 atom stereocenters. The van der Waals surface area contributed by atoms with Crippen molar-refractivity contribution in [3.8, 4) is 0 Å². The van der Waals surface area contributed by atoms with E-state index >= 15 is 0 Å². The molecule has 1 aliphatic heterocycles. The number of piperidine rings is 1. The summed E-state index contributed by atoms with van der Waals surface area (Å²) in [6.45, 7) is 4.83. The monoisotopic (exact) mass is 369 g/mol. The minimum Gasteiger partial charge on any atom is -0.370 e. The summed E-state index contributed by atoms with van der Waals surface area (Å²) in [5.41, 5.74) is 1.96. The summed E-state index contributed by atoms with van der Waals surface area (Å²) in [5, 5.41) is 7.29. The number of aromatic nitrogens is 3. The van der Waals surface area contributed by atoms with Crippen LogP contribution in [-0.4, -0.2) is 40.3 Å². The summed E-state index contributed by atoms with van der Waals surface area (Å²) in [5.74, 6) is 0.160. The van der Waals surface area contributed by atoms with Crippen LogP contribution in [0.15, 0.2) is 41.6 Å². The average molecular weight is 369 g/mol. The zero-order valence-electron chi connectivity index (χ0n) is 15.8. The third kappa shape index (κ3) is 5.15.